The molecule has 38 heavy (non-hydrogen) atoms. The van der Waals surface area contributed by atoms with Crippen molar-refractivity contribution in [2.75, 3.05) is 7.11 Å². The Hall–Kier alpha value is -3.84. The Kier molecular flexibility index (Phi) is 10.7. The molecule has 0 saturated heterocycles. The first kappa shape index (κ1) is 28.7. The number of nitrogens with zero attached hydrogens (tertiary/aromatic N) is 1. The largest absolute Gasteiger partial charge is 0.488 e. The highest BCUT2D eigenvalue weighted by atomic mass is 16.5. The number of hydrogen-bond donors (Lipinski definition) is 0. The maximum absolute atomic E-state index is 11.8. The lowest BCUT2D eigenvalue weighted by Gasteiger charge is -2.19. The number of rotatable bonds is 12. The van der Waals surface area contributed by atoms with E-state index in [1.807, 2.05) is 42.5 Å². The molecule has 0 heterocycles. The summed E-state index contributed by atoms with van der Waals surface area (Å²) in [4.78, 5) is 11.8. The summed E-state index contributed by atoms with van der Waals surface area (Å²) < 4.78 is 11.0. The second-order valence-corrected chi connectivity index (χ2v) is 10.7. The molecule has 3 rings (SSSR count). The fourth-order valence-corrected chi connectivity index (χ4v) is 4.33. The molecule has 3 aromatic carbocycles. The Labute approximate surface area is 227 Å². The monoisotopic (exact) mass is 509 g/mol. The number of carbonyl (C=O) groups is 1. The lowest BCUT2D eigenvalue weighted by atomic mass is 9.87. The van der Waals surface area contributed by atoms with Crippen LogP contribution in [0.3, 0.4) is 0 Å². The van der Waals surface area contributed by atoms with Crippen LogP contribution in [0.2, 0.25) is 0 Å². The number of allylic oxidation sites excluding steroid dienone is 1. The van der Waals surface area contributed by atoms with E-state index in [-0.39, 0.29) is 11.4 Å². The topological polar surface area (TPSA) is 59.3 Å². The van der Waals surface area contributed by atoms with E-state index in [4.69, 9.17) is 14.7 Å². The van der Waals surface area contributed by atoms with Crippen LogP contribution in [-0.4, -0.2) is 13.1 Å². The van der Waals surface area contributed by atoms with Gasteiger partial charge in [0, 0.05) is 12.0 Å². The number of unbranched alkanes of at least 4 members (excludes halogenated alkanes) is 2. The molecule has 0 bridgehead atoms. The Balaban J connectivity index is 1.70. The van der Waals surface area contributed by atoms with Gasteiger partial charge in [0.2, 0.25) is 0 Å². The van der Waals surface area contributed by atoms with Gasteiger partial charge in [0.05, 0.1) is 18.7 Å². The van der Waals surface area contributed by atoms with Gasteiger partial charge >= 0.3 is 5.97 Å². The van der Waals surface area contributed by atoms with Crippen molar-refractivity contribution in [1.82, 2.24) is 0 Å². The molecule has 0 radical (unpaired) electrons. The molecule has 4 heteroatoms. The van der Waals surface area contributed by atoms with E-state index < -0.39 is 0 Å². The van der Waals surface area contributed by atoms with Crippen LogP contribution in [-0.2, 0) is 23.2 Å². The van der Waals surface area contributed by atoms with Crippen molar-refractivity contribution in [1.29, 1.82) is 5.26 Å². The van der Waals surface area contributed by atoms with E-state index in [1.165, 1.54) is 12.7 Å². The summed E-state index contributed by atoms with van der Waals surface area (Å²) >= 11 is 0. The lowest BCUT2D eigenvalue weighted by Crippen LogP contribution is -2.10. The smallest absolute Gasteiger partial charge is 0.337 e. The second-order valence-electron chi connectivity index (χ2n) is 10.7. The van der Waals surface area contributed by atoms with Gasteiger partial charge in [-0.15, -0.1) is 0 Å². The van der Waals surface area contributed by atoms with Crippen LogP contribution in [0, 0.1) is 17.2 Å². The first-order valence-electron chi connectivity index (χ1n) is 13.3. The minimum Gasteiger partial charge on any atom is -0.488 e. The first-order chi connectivity index (χ1) is 18.3. The number of nitriles is 1. The van der Waals surface area contributed by atoms with Gasteiger partial charge in [-0.3, -0.25) is 0 Å². The van der Waals surface area contributed by atoms with E-state index in [0.29, 0.717) is 24.5 Å². The molecule has 0 aromatic heterocycles. The van der Waals surface area contributed by atoms with E-state index in [2.05, 4.69) is 69.3 Å². The SMILES string of the molecule is COC(=O)c1ccc(CC(/C=C/c2ccccc2OCc2ccc(C(C)(C)C)cc2)CCCCC#N)cc1. The third-order valence-electron chi connectivity index (χ3n) is 6.67. The molecule has 0 N–H and O–H groups in total. The molecule has 0 fully saturated rings. The van der Waals surface area contributed by atoms with E-state index >= 15 is 0 Å². The quantitative estimate of drug-likeness (QED) is 0.182. The standard InChI is InChI=1S/C34H39NO3/c1-34(2,3)31-21-16-28(17-22-31)25-38-32-12-8-7-11-29(32)18-13-26(10-6-5-9-23-35)24-27-14-19-30(20-15-27)33(36)37-4/h7-8,11-22,26H,5-6,9-10,24-25H2,1-4H3/b18-13+. The zero-order valence-electron chi connectivity index (χ0n) is 23.1. The highest BCUT2D eigenvalue weighted by molar-refractivity contribution is 5.89. The lowest BCUT2D eigenvalue weighted by molar-refractivity contribution is 0.0600. The third kappa shape index (κ3) is 8.92. The van der Waals surface area contributed by atoms with Gasteiger partial charge in [-0.1, -0.05) is 93.9 Å². The van der Waals surface area contributed by atoms with Crippen LogP contribution >= 0.6 is 0 Å². The average molecular weight is 510 g/mol. The molecule has 1 atom stereocenters. The van der Waals surface area contributed by atoms with Crippen molar-refractivity contribution >= 4 is 12.0 Å². The summed E-state index contributed by atoms with van der Waals surface area (Å²) in [5.41, 5.74) is 5.34. The summed E-state index contributed by atoms with van der Waals surface area (Å²) in [5, 5.41) is 8.91. The Morgan fingerprint density at radius 1 is 0.947 bits per heavy atom. The number of ether oxygens (including phenoxy) is 2. The maximum atomic E-state index is 11.8. The van der Waals surface area contributed by atoms with Gasteiger partial charge in [-0.2, -0.15) is 5.26 Å². The molecule has 0 aliphatic rings. The van der Waals surface area contributed by atoms with Crippen molar-refractivity contribution in [2.24, 2.45) is 5.92 Å². The van der Waals surface area contributed by atoms with Crippen LogP contribution in [0.25, 0.3) is 6.08 Å². The van der Waals surface area contributed by atoms with Crippen LogP contribution in [0.15, 0.2) is 78.9 Å². The Morgan fingerprint density at radius 3 is 2.29 bits per heavy atom. The summed E-state index contributed by atoms with van der Waals surface area (Å²) in [6.07, 6.45) is 8.71. The number of carbonyl (C=O) groups excluding carboxylic acids is 1. The molecule has 0 spiro atoms. The molecule has 0 amide bonds. The molecule has 0 aliphatic heterocycles. The zero-order valence-corrected chi connectivity index (χ0v) is 23.1. The van der Waals surface area contributed by atoms with Gasteiger partial charge in [-0.25, -0.2) is 4.79 Å². The van der Waals surface area contributed by atoms with Gasteiger partial charge in [0.15, 0.2) is 0 Å². The van der Waals surface area contributed by atoms with Crippen LogP contribution in [0.4, 0.5) is 0 Å². The predicted molar refractivity (Wildman–Crippen MR) is 154 cm³/mol. The van der Waals surface area contributed by atoms with Crippen molar-refractivity contribution < 1.29 is 14.3 Å². The predicted octanol–water partition coefficient (Wildman–Crippen LogP) is 8.31. The van der Waals surface area contributed by atoms with Crippen LogP contribution in [0.1, 0.15) is 79.1 Å². The van der Waals surface area contributed by atoms with Crippen molar-refractivity contribution in [3.63, 3.8) is 0 Å². The molecular weight excluding hydrogens is 470 g/mol. The van der Waals surface area contributed by atoms with Gasteiger partial charge in [0.1, 0.15) is 12.4 Å². The van der Waals surface area contributed by atoms with Gasteiger partial charge < -0.3 is 9.47 Å². The Morgan fingerprint density at radius 2 is 1.63 bits per heavy atom. The summed E-state index contributed by atoms with van der Waals surface area (Å²) in [6, 6.07) is 26.6. The summed E-state index contributed by atoms with van der Waals surface area (Å²) in [6.45, 7) is 7.17. The minimum atomic E-state index is -0.328. The normalized spacial score (nSPS) is 12.2. The van der Waals surface area contributed by atoms with Gasteiger partial charge in [0.25, 0.3) is 0 Å². The van der Waals surface area contributed by atoms with Gasteiger partial charge in [-0.05, 0) is 65.5 Å². The highest BCUT2D eigenvalue weighted by Gasteiger charge is 2.13. The molecule has 0 saturated carbocycles. The number of esters is 1. The van der Waals surface area contributed by atoms with E-state index in [1.54, 1.807) is 0 Å². The molecule has 4 nitrogen and oxygen atoms in total. The number of benzene rings is 3. The van der Waals surface area contributed by atoms with E-state index in [0.717, 1.165) is 48.1 Å². The molecule has 1 unspecified atom stereocenters. The van der Waals surface area contributed by atoms with Crippen molar-refractivity contribution in [3.8, 4) is 11.8 Å². The first-order valence-corrected chi connectivity index (χ1v) is 13.3. The van der Waals surface area contributed by atoms with Crippen molar-refractivity contribution in [2.45, 2.75) is 64.9 Å². The zero-order chi connectivity index (χ0) is 27.4. The van der Waals surface area contributed by atoms with Crippen LogP contribution < -0.4 is 4.74 Å². The number of hydrogen-bond acceptors (Lipinski definition) is 4. The van der Waals surface area contributed by atoms with E-state index in [9.17, 15) is 4.79 Å². The molecule has 3 aromatic rings. The second kappa shape index (κ2) is 14.2. The number of para-hydroxylation sites is 1. The number of methoxy groups -OCH3 is 1. The van der Waals surface area contributed by atoms with Crippen molar-refractivity contribution in [3.05, 3.63) is 107 Å². The summed E-state index contributed by atoms with van der Waals surface area (Å²) in [5.74, 6) is 0.830. The maximum Gasteiger partial charge on any atom is 0.337 e. The summed E-state index contributed by atoms with van der Waals surface area (Å²) in [7, 11) is 1.39. The molecule has 0 aliphatic carbocycles. The molecule has 198 valence electrons. The Bertz CT molecular complexity index is 1230. The third-order valence-corrected chi connectivity index (χ3v) is 6.67. The fourth-order valence-electron chi connectivity index (χ4n) is 4.33. The molecular formula is C34H39NO3. The fraction of sp³-hybridized carbons (Fsp3) is 0.353. The average Bonchev–Trinajstić information content (AvgIpc) is 2.93. The van der Waals surface area contributed by atoms with Crippen LogP contribution in [0.5, 0.6) is 5.75 Å². The highest BCUT2D eigenvalue weighted by Crippen LogP contribution is 2.26. The minimum absolute atomic E-state index is 0.130.